The Morgan fingerprint density at radius 3 is 2.46 bits per heavy atom. The first-order chi connectivity index (χ1) is 12.5. The molecule has 0 radical (unpaired) electrons. The molecule has 1 N–H and O–H groups in total. The number of hydrogen-bond acceptors (Lipinski definition) is 4. The van der Waals surface area contributed by atoms with Crippen LogP contribution in [-0.4, -0.2) is 43.8 Å². The minimum absolute atomic E-state index is 0.0353. The van der Waals surface area contributed by atoms with Gasteiger partial charge in [-0.05, 0) is 56.9 Å². The summed E-state index contributed by atoms with van der Waals surface area (Å²) in [6.45, 7) is 3.65. The van der Waals surface area contributed by atoms with Crippen molar-refractivity contribution in [3.8, 4) is 5.75 Å². The molecule has 4 nitrogen and oxygen atoms in total. The van der Waals surface area contributed by atoms with Crippen LogP contribution in [-0.2, 0) is 4.79 Å². The van der Waals surface area contributed by atoms with Gasteiger partial charge in [0.1, 0.15) is 5.75 Å². The zero-order valence-electron chi connectivity index (χ0n) is 15.8. The van der Waals surface area contributed by atoms with E-state index in [4.69, 9.17) is 4.74 Å². The average molecular weight is 373 g/mol. The second-order valence-corrected chi connectivity index (χ2v) is 7.64. The molecule has 2 aromatic rings. The van der Waals surface area contributed by atoms with Crippen molar-refractivity contribution in [2.75, 3.05) is 38.3 Å². The molecule has 2 rings (SSSR count). The Morgan fingerprint density at radius 2 is 1.81 bits per heavy atom. The van der Waals surface area contributed by atoms with E-state index in [1.807, 2.05) is 49.4 Å². The molecule has 1 atom stereocenters. The van der Waals surface area contributed by atoms with Gasteiger partial charge < -0.3 is 15.0 Å². The van der Waals surface area contributed by atoms with Crippen LogP contribution in [0.3, 0.4) is 0 Å². The smallest absolute Gasteiger partial charge is 0.228 e. The fourth-order valence-corrected chi connectivity index (χ4v) is 3.23. The minimum atomic E-state index is -0.0674. The Balaban J connectivity index is 1.74. The highest BCUT2D eigenvalue weighted by atomic mass is 32.2. The number of benzene rings is 2. The highest BCUT2D eigenvalue weighted by Crippen LogP contribution is 2.21. The van der Waals surface area contributed by atoms with Gasteiger partial charge in [0.25, 0.3) is 0 Å². The molecule has 0 aliphatic carbocycles. The van der Waals surface area contributed by atoms with Crippen molar-refractivity contribution in [3.05, 3.63) is 54.6 Å². The van der Waals surface area contributed by atoms with E-state index in [1.54, 1.807) is 11.8 Å². The van der Waals surface area contributed by atoms with Crippen molar-refractivity contribution in [1.29, 1.82) is 0 Å². The third kappa shape index (κ3) is 7.50. The molecule has 0 aliphatic heterocycles. The van der Waals surface area contributed by atoms with Crippen LogP contribution >= 0.6 is 11.8 Å². The first-order valence-corrected chi connectivity index (χ1v) is 9.89. The Kier molecular flexibility index (Phi) is 8.51. The highest BCUT2D eigenvalue weighted by Gasteiger charge is 2.13. The maximum atomic E-state index is 12.3. The fourth-order valence-electron chi connectivity index (χ4n) is 2.28. The molecule has 0 spiro atoms. The summed E-state index contributed by atoms with van der Waals surface area (Å²) in [5.74, 6) is 1.55. The van der Waals surface area contributed by atoms with Gasteiger partial charge in [-0.2, -0.15) is 0 Å². The first kappa shape index (κ1) is 20.3. The van der Waals surface area contributed by atoms with Crippen molar-refractivity contribution in [2.24, 2.45) is 5.92 Å². The summed E-state index contributed by atoms with van der Waals surface area (Å²) in [6, 6.07) is 17.7. The van der Waals surface area contributed by atoms with Gasteiger partial charge in [-0.15, -0.1) is 11.8 Å². The summed E-state index contributed by atoms with van der Waals surface area (Å²) in [4.78, 5) is 15.7. The van der Waals surface area contributed by atoms with E-state index in [0.717, 1.165) is 30.2 Å². The first-order valence-electron chi connectivity index (χ1n) is 8.91. The molecule has 0 heterocycles. The summed E-state index contributed by atoms with van der Waals surface area (Å²) in [7, 11) is 4.10. The van der Waals surface area contributed by atoms with Gasteiger partial charge in [-0.3, -0.25) is 4.79 Å². The normalized spacial score (nSPS) is 12.0. The third-order valence-electron chi connectivity index (χ3n) is 3.83. The Labute approximate surface area is 160 Å². The number of ether oxygens (including phenoxy) is 1. The summed E-state index contributed by atoms with van der Waals surface area (Å²) < 4.78 is 5.71. The van der Waals surface area contributed by atoms with Crippen LogP contribution in [0.1, 0.15) is 13.3 Å². The summed E-state index contributed by atoms with van der Waals surface area (Å²) in [5.41, 5.74) is 0.798. The average Bonchev–Trinajstić information content (AvgIpc) is 2.65. The largest absolute Gasteiger partial charge is 0.494 e. The standard InChI is InChI=1S/C21H28N2O2S/c1-17(16-26-20-8-5-4-6-9-20)21(24)22-18-10-12-19(13-11-18)25-15-7-14-23(2)3/h4-6,8-13,17H,7,14-16H2,1-3H3,(H,22,24). The zero-order chi connectivity index (χ0) is 18.8. The van der Waals surface area contributed by atoms with E-state index in [0.29, 0.717) is 6.61 Å². The topological polar surface area (TPSA) is 41.6 Å². The van der Waals surface area contributed by atoms with Gasteiger partial charge in [-0.1, -0.05) is 25.1 Å². The molecule has 0 fully saturated rings. The van der Waals surface area contributed by atoms with Crippen LogP contribution in [0.25, 0.3) is 0 Å². The van der Waals surface area contributed by atoms with Crippen molar-refractivity contribution < 1.29 is 9.53 Å². The van der Waals surface area contributed by atoms with Crippen LogP contribution in [0.15, 0.2) is 59.5 Å². The highest BCUT2D eigenvalue weighted by molar-refractivity contribution is 7.99. The predicted molar refractivity (Wildman–Crippen MR) is 110 cm³/mol. The van der Waals surface area contributed by atoms with Crippen molar-refractivity contribution >= 4 is 23.4 Å². The number of thioether (sulfide) groups is 1. The predicted octanol–water partition coefficient (Wildman–Crippen LogP) is 4.38. The lowest BCUT2D eigenvalue weighted by atomic mass is 10.2. The van der Waals surface area contributed by atoms with Crippen LogP contribution in [0.5, 0.6) is 5.75 Å². The Bertz CT molecular complexity index is 659. The van der Waals surface area contributed by atoms with Crippen molar-refractivity contribution in [3.63, 3.8) is 0 Å². The molecule has 0 bridgehead atoms. The molecular formula is C21H28N2O2S. The molecule has 0 aliphatic rings. The second-order valence-electron chi connectivity index (χ2n) is 6.54. The van der Waals surface area contributed by atoms with Gasteiger partial charge in [0.15, 0.2) is 0 Å². The number of rotatable bonds is 10. The third-order valence-corrected chi connectivity index (χ3v) is 5.10. The van der Waals surface area contributed by atoms with Gasteiger partial charge in [0.05, 0.1) is 6.61 Å². The van der Waals surface area contributed by atoms with Crippen LogP contribution in [0.4, 0.5) is 5.69 Å². The van der Waals surface area contributed by atoms with E-state index in [2.05, 4.69) is 36.4 Å². The molecule has 1 unspecified atom stereocenters. The number of nitrogens with one attached hydrogen (secondary N) is 1. The van der Waals surface area contributed by atoms with Gasteiger partial charge in [-0.25, -0.2) is 0 Å². The molecule has 26 heavy (non-hydrogen) atoms. The quantitative estimate of drug-likeness (QED) is 0.496. The van der Waals surface area contributed by atoms with E-state index < -0.39 is 0 Å². The van der Waals surface area contributed by atoms with Gasteiger partial charge in [0.2, 0.25) is 5.91 Å². The molecule has 2 aromatic carbocycles. The number of hydrogen-bond donors (Lipinski definition) is 1. The van der Waals surface area contributed by atoms with Crippen molar-refractivity contribution in [1.82, 2.24) is 4.90 Å². The maximum absolute atomic E-state index is 12.3. The van der Waals surface area contributed by atoms with E-state index >= 15 is 0 Å². The zero-order valence-corrected chi connectivity index (χ0v) is 16.6. The lowest BCUT2D eigenvalue weighted by molar-refractivity contribution is -0.118. The van der Waals surface area contributed by atoms with E-state index in [9.17, 15) is 4.79 Å². The molecule has 1 amide bonds. The van der Waals surface area contributed by atoms with E-state index in [-0.39, 0.29) is 11.8 Å². The van der Waals surface area contributed by atoms with Gasteiger partial charge >= 0.3 is 0 Å². The Hall–Kier alpha value is -1.98. The van der Waals surface area contributed by atoms with Gasteiger partial charge in [0, 0.05) is 28.8 Å². The number of anilines is 1. The molecule has 0 aromatic heterocycles. The summed E-state index contributed by atoms with van der Waals surface area (Å²) in [5, 5.41) is 2.97. The molecule has 5 heteroatoms. The molecular weight excluding hydrogens is 344 g/mol. The summed E-state index contributed by atoms with van der Waals surface area (Å²) in [6.07, 6.45) is 0.988. The SMILES string of the molecule is CC(CSc1ccccc1)C(=O)Nc1ccc(OCCCN(C)C)cc1. The monoisotopic (exact) mass is 372 g/mol. The number of nitrogens with zero attached hydrogens (tertiary/aromatic N) is 1. The Morgan fingerprint density at radius 1 is 1.12 bits per heavy atom. The number of amides is 1. The van der Waals surface area contributed by atoms with Crippen LogP contribution in [0, 0.1) is 5.92 Å². The minimum Gasteiger partial charge on any atom is -0.494 e. The maximum Gasteiger partial charge on any atom is 0.228 e. The molecule has 140 valence electrons. The molecule has 0 saturated carbocycles. The second kappa shape index (κ2) is 10.9. The van der Waals surface area contributed by atoms with Crippen molar-refractivity contribution in [2.45, 2.75) is 18.2 Å². The van der Waals surface area contributed by atoms with E-state index in [1.165, 1.54) is 4.90 Å². The molecule has 0 saturated heterocycles. The lowest BCUT2D eigenvalue weighted by Crippen LogP contribution is -2.22. The number of carbonyl (C=O) groups excluding carboxylic acids is 1. The number of carbonyl (C=O) groups is 1. The summed E-state index contributed by atoms with van der Waals surface area (Å²) >= 11 is 1.70. The lowest BCUT2D eigenvalue weighted by Gasteiger charge is -2.13. The van der Waals surface area contributed by atoms with Crippen LogP contribution < -0.4 is 10.1 Å². The fraction of sp³-hybridized carbons (Fsp3) is 0.381. The van der Waals surface area contributed by atoms with Crippen LogP contribution in [0.2, 0.25) is 0 Å².